The van der Waals surface area contributed by atoms with Crippen LogP contribution in [0.25, 0.3) is 0 Å². The van der Waals surface area contributed by atoms with E-state index in [-0.39, 0.29) is 23.0 Å². The summed E-state index contributed by atoms with van der Waals surface area (Å²) in [6, 6.07) is 0.959. The third-order valence-corrected chi connectivity index (χ3v) is 3.29. The van der Waals surface area contributed by atoms with Crippen LogP contribution in [-0.4, -0.2) is 22.6 Å². The molecule has 0 saturated heterocycles. The molecule has 0 aromatic heterocycles. The summed E-state index contributed by atoms with van der Waals surface area (Å²) in [5, 5.41) is 13.4. The average Bonchev–Trinajstić information content (AvgIpc) is 2.31. The molecule has 3 N–H and O–H groups in total. The van der Waals surface area contributed by atoms with Gasteiger partial charge in [-0.1, -0.05) is 0 Å². The van der Waals surface area contributed by atoms with Crippen molar-refractivity contribution in [2.75, 3.05) is 5.32 Å². The van der Waals surface area contributed by atoms with Gasteiger partial charge in [0.25, 0.3) is 0 Å². The third kappa shape index (κ3) is 5.66. The standard InChI is InChI=1S/C13H15BrF2N2O3/c1-13(2,4-3-10(19)20)18-12(21)17-11-8(14)5-7(15)6-9(11)16/h5-6H,3-4H2,1-2H3,(H,19,20)(H2,17,18,21). The zero-order valence-electron chi connectivity index (χ0n) is 11.5. The molecule has 1 aromatic carbocycles. The number of hydrogen-bond donors (Lipinski definition) is 3. The number of nitrogens with one attached hydrogen (secondary N) is 2. The maximum absolute atomic E-state index is 13.6. The molecule has 5 nitrogen and oxygen atoms in total. The fourth-order valence-corrected chi connectivity index (χ4v) is 2.10. The molecular formula is C13H15BrF2N2O3. The number of urea groups is 1. The van der Waals surface area contributed by atoms with Crippen LogP contribution in [0, 0.1) is 11.6 Å². The van der Waals surface area contributed by atoms with Crippen LogP contribution >= 0.6 is 15.9 Å². The zero-order valence-corrected chi connectivity index (χ0v) is 13.1. The largest absolute Gasteiger partial charge is 0.481 e. The monoisotopic (exact) mass is 364 g/mol. The van der Waals surface area contributed by atoms with E-state index in [1.807, 2.05) is 0 Å². The van der Waals surface area contributed by atoms with Crippen molar-refractivity contribution in [3.05, 3.63) is 28.2 Å². The highest BCUT2D eigenvalue weighted by Crippen LogP contribution is 2.27. The summed E-state index contributed by atoms with van der Waals surface area (Å²) in [5.41, 5.74) is -0.978. The number of benzene rings is 1. The van der Waals surface area contributed by atoms with Crippen molar-refractivity contribution in [3.8, 4) is 0 Å². The lowest BCUT2D eigenvalue weighted by Crippen LogP contribution is -2.46. The smallest absolute Gasteiger partial charge is 0.319 e. The fourth-order valence-electron chi connectivity index (χ4n) is 1.60. The number of carboxylic acids is 1. The first-order valence-corrected chi connectivity index (χ1v) is 6.85. The maximum Gasteiger partial charge on any atom is 0.319 e. The number of carbonyl (C=O) groups is 2. The van der Waals surface area contributed by atoms with Crippen molar-refractivity contribution in [3.63, 3.8) is 0 Å². The minimum atomic E-state index is -0.974. The van der Waals surface area contributed by atoms with Gasteiger partial charge in [0.15, 0.2) is 5.82 Å². The molecule has 0 fully saturated rings. The number of carbonyl (C=O) groups excluding carboxylic acids is 1. The molecule has 0 unspecified atom stereocenters. The first kappa shape index (κ1) is 17.4. The van der Waals surface area contributed by atoms with E-state index < -0.39 is 29.2 Å². The second-order valence-corrected chi connectivity index (χ2v) is 5.96. The molecule has 1 aromatic rings. The Labute approximate surface area is 128 Å². The van der Waals surface area contributed by atoms with E-state index in [0.29, 0.717) is 6.07 Å². The second kappa shape index (κ2) is 6.84. The van der Waals surface area contributed by atoms with Gasteiger partial charge >= 0.3 is 12.0 Å². The topological polar surface area (TPSA) is 78.4 Å². The molecule has 21 heavy (non-hydrogen) atoms. The molecule has 0 aliphatic heterocycles. The number of hydrogen-bond acceptors (Lipinski definition) is 2. The van der Waals surface area contributed by atoms with Crippen molar-refractivity contribution in [1.82, 2.24) is 5.32 Å². The van der Waals surface area contributed by atoms with Crippen LogP contribution in [0.15, 0.2) is 16.6 Å². The van der Waals surface area contributed by atoms with Crippen molar-refractivity contribution < 1.29 is 23.5 Å². The molecule has 0 saturated carbocycles. The summed E-state index contributed by atoms with van der Waals surface area (Å²) in [5.74, 6) is -2.66. The van der Waals surface area contributed by atoms with Crippen LogP contribution in [0.5, 0.6) is 0 Å². The summed E-state index contributed by atoms with van der Waals surface area (Å²) in [7, 11) is 0. The number of anilines is 1. The van der Waals surface area contributed by atoms with Crippen molar-refractivity contribution in [1.29, 1.82) is 0 Å². The van der Waals surface area contributed by atoms with Crippen molar-refractivity contribution in [2.45, 2.75) is 32.2 Å². The van der Waals surface area contributed by atoms with Gasteiger partial charge in [-0.15, -0.1) is 0 Å². The summed E-state index contributed by atoms with van der Waals surface area (Å²) >= 11 is 2.96. The molecule has 0 aliphatic rings. The van der Waals surface area contributed by atoms with E-state index in [0.717, 1.165) is 6.07 Å². The van der Waals surface area contributed by atoms with Crippen LogP contribution in [0.2, 0.25) is 0 Å². The van der Waals surface area contributed by atoms with E-state index in [4.69, 9.17) is 5.11 Å². The minimum absolute atomic E-state index is 0.0680. The van der Waals surface area contributed by atoms with Crippen molar-refractivity contribution >= 4 is 33.6 Å². The summed E-state index contributed by atoms with van der Waals surface area (Å²) in [4.78, 5) is 22.3. The Balaban J connectivity index is 2.72. The van der Waals surface area contributed by atoms with Gasteiger partial charge in [-0.25, -0.2) is 13.6 Å². The van der Waals surface area contributed by atoms with Crippen LogP contribution in [0.1, 0.15) is 26.7 Å². The van der Waals surface area contributed by atoms with Gasteiger partial charge in [0.2, 0.25) is 0 Å². The van der Waals surface area contributed by atoms with Gasteiger partial charge < -0.3 is 15.7 Å². The lowest BCUT2D eigenvalue weighted by atomic mass is 9.99. The molecule has 0 aliphatic carbocycles. The molecule has 0 spiro atoms. The Morgan fingerprint density at radius 3 is 2.48 bits per heavy atom. The van der Waals surface area contributed by atoms with E-state index in [9.17, 15) is 18.4 Å². The second-order valence-electron chi connectivity index (χ2n) is 5.10. The Bertz CT molecular complexity index is 541. The summed E-state index contributed by atoms with van der Waals surface area (Å²) in [6.07, 6.45) is 0.102. The normalized spacial score (nSPS) is 11.1. The lowest BCUT2D eigenvalue weighted by Gasteiger charge is -2.26. The number of amides is 2. The Hall–Kier alpha value is -1.70. The van der Waals surface area contributed by atoms with E-state index >= 15 is 0 Å². The SMILES string of the molecule is CC(C)(CCC(=O)O)NC(=O)Nc1c(F)cc(F)cc1Br. The Kier molecular flexibility index (Phi) is 5.65. The van der Waals surface area contributed by atoms with Crippen LogP contribution < -0.4 is 10.6 Å². The zero-order chi connectivity index (χ0) is 16.2. The highest BCUT2D eigenvalue weighted by atomic mass is 79.9. The first-order valence-electron chi connectivity index (χ1n) is 6.06. The quantitative estimate of drug-likeness (QED) is 0.748. The number of rotatable bonds is 5. The molecule has 116 valence electrons. The summed E-state index contributed by atoms with van der Waals surface area (Å²) < 4.78 is 26.6. The molecule has 0 atom stereocenters. The molecule has 0 radical (unpaired) electrons. The molecule has 0 bridgehead atoms. The molecule has 8 heteroatoms. The van der Waals surface area contributed by atoms with Crippen LogP contribution in [0.3, 0.4) is 0 Å². The Morgan fingerprint density at radius 2 is 1.95 bits per heavy atom. The van der Waals surface area contributed by atoms with E-state index in [1.54, 1.807) is 13.8 Å². The van der Waals surface area contributed by atoms with Gasteiger partial charge in [0.05, 0.1) is 5.69 Å². The number of halogens is 3. The predicted molar refractivity (Wildman–Crippen MR) is 77.2 cm³/mol. The Morgan fingerprint density at radius 1 is 1.33 bits per heavy atom. The fraction of sp³-hybridized carbons (Fsp3) is 0.385. The highest BCUT2D eigenvalue weighted by molar-refractivity contribution is 9.10. The molecule has 2 amide bonds. The van der Waals surface area contributed by atoms with Gasteiger partial charge in [0, 0.05) is 22.5 Å². The predicted octanol–water partition coefficient (Wildman–Crippen LogP) is 3.49. The van der Waals surface area contributed by atoms with Crippen LogP contribution in [-0.2, 0) is 4.79 Å². The van der Waals surface area contributed by atoms with Gasteiger partial charge in [-0.3, -0.25) is 4.79 Å². The molecule has 0 heterocycles. The molecule has 1 rings (SSSR count). The van der Waals surface area contributed by atoms with E-state index in [2.05, 4.69) is 26.6 Å². The lowest BCUT2D eigenvalue weighted by molar-refractivity contribution is -0.137. The first-order chi connectivity index (χ1) is 9.60. The number of carboxylic acid groups (broad SMARTS) is 1. The van der Waals surface area contributed by atoms with E-state index in [1.165, 1.54) is 0 Å². The number of aliphatic carboxylic acids is 1. The maximum atomic E-state index is 13.6. The van der Waals surface area contributed by atoms with Gasteiger partial charge in [0.1, 0.15) is 5.82 Å². The van der Waals surface area contributed by atoms with Gasteiger partial charge in [-0.05, 0) is 42.3 Å². The third-order valence-electron chi connectivity index (χ3n) is 2.66. The average molecular weight is 365 g/mol. The van der Waals surface area contributed by atoms with Crippen molar-refractivity contribution in [2.24, 2.45) is 0 Å². The van der Waals surface area contributed by atoms with Crippen LogP contribution in [0.4, 0.5) is 19.3 Å². The summed E-state index contributed by atoms with van der Waals surface area (Å²) in [6.45, 7) is 3.29. The van der Waals surface area contributed by atoms with Gasteiger partial charge in [-0.2, -0.15) is 0 Å². The highest BCUT2D eigenvalue weighted by Gasteiger charge is 2.22. The molecular weight excluding hydrogens is 350 g/mol. The minimum Gasteiger partial charge on any atom is -0.481 e.